The summed E-state index contributed by atoms with van der Waals surface area (Å²) in [6.45, 7) is 7.10. The Balaban J connectivity index is 2.01. The Morgan fingerprint density at radius 1 is 1.29 bits per heavy atom. The van der Waals surface area contributed by atoms with E-state index in [1.54, 1.807) is 18.3 Å². The Morgan fingerprint density at radius 2 is 1.95 bits per heavy atom. The van der Waals surface area contributed by atoms with Crippen molar-refractivity contribution in [2.45, 2.75) is 65.0 Å². The Hall–Kier alpha value is -1.36. The largest absolute Gasteiger partial charge is 0.458 e. The van der Waals surface area contributed by atoms with E-state index in [0.29, 0.717) is 0 Å². The molecule has 0 aliphatic heterocycles. The van der Waals surface area contributed by atoms with E-state index < -0.39 is 17.6 Å². The molecule has 0 spiro atoms. The molecule has 0 fully saturated rings. The molecule has 1 amide bonds. The Labute approximate surface area is 129 Å². The number of hydrogen-bond acceptors (Lipinski definition) is 4. The number of nitrogens with one attached hydrogen (secondary N) is 1. The highest BCUT2D eigenvalue weighted by molar-refractivity contribution is 7.10. The van der Waals surface area contributed by atoms with Crippen molar-refractivity contribution in [3.63, 3.8) is 0 Å². The maximum atomic E-state index is 12.3. The monoisotopic (exact) mass is 309 g/mol. The number of carbonyl (C=O) groups is 2. The van der Waals surface area contributed by atoms with Gasteiger partial charge in [0.1, 0.15) is 11.6 Å². The van der Waals surface area contributed by atoms with E-state index in [1.807, 2.05) is 26.2 Å². The number of esters is 1. The van der Waals surface area contributed by atoms with Gasteiger partial charge >= 0.3 is 5.97 Å². The molecule has 0 radical (unpaired) electrons. The lowest BCUT2D eigenvalue weighted by molar-refractivity contribution is -0.156. The van der Waals surface area contributed by atoms with Gasteiger partial charge in [-0.05, 0) is 58.9 Å². The summed E-state index contributed by atoms with van der Waals surface area (Å²) in [5.41, 5.74) is 1.35. The molecule has 2 rings (SSSR count). The average Bonchev–Trinajstić information content (AvgIpc) is 2.80. The molecule has 1 aliphatic rings. The van der Waals surface area contributed by atoms with Crippen LogP contribution in [0.5, 0.6) is 0 Å². The lowest BCUT2D eigenvalue weighted by atomic mass is 9.95. The molecule has 4 nitrogen and oxygen atoms in total. The van der Waals surface area contributed by atoms with Crippen molar-refractivity contribution in [3.05, 3.63) is 21.4 Å². The lowest BCUT2D eigenvalue weighted by Crippen LogP contribution is -2.42. The number of thiophene rings is 1. The first kappa shape index (κ1) is 16.0. The van der Waals surface area contributed by atoms with Crippen molar-refractivity contribution in [3.8, 4) is 0 Å². The van der Waals surface area contributed by atoms with Crippen LogP contribution in [0.2, 0.25) is 0 Å². The minimum atomic E-state index is -0.643. The van der Waals surface area contributed by atoms with E-state index in [4.69, 9.17) is 4.74 Å². The minimum absolute atomic E-state index is 0.173. The first-order chi connectivity index (χ1) is 9.78. The van der Waals surface area contributed by atoms with Gasteiger partial charge in [-0.25, -0.2) is 4.79 Å². The van der Waals surface area contributed by atoms with Crippen molar-refractivity contribution < 1.29 is 14.3 Å². The van der Waals surface area contributed by atoms with Crippen LogP contribution < -0.4 is 5.32 Å². The number of aryl methyl sites for hydroxylation is 1. The van der Waals surface area contributed by atoms with Gasteiger partial charge < -0.3 is 10.1 Å². The second-order valence-electron chi connectivity index (χ2n) is 6.49. The third kappa shape index (κ3) is 4.06. The molecule has 0 saturated carbocycles. The number of fused-ring (bicyclic) bond motifs is 1. The Bertz CT molecular complexity index is 542. The molecule has 1 aliphatic carbocycles. The van der Waals surface area contributed by atoms with Crippen LogP contribution in [0.3, 0.4) is 0 Å². The number of rotatable bonds is 3. The molecule has 0 bridgehead atoms. The highest BCUT2D eigenvalue weighted by Gasteiger charge is 2.25. The van der Waals surface area contributed by atoms with E-state index in [9.17, 15) is 9.59 Å². The van der Waals surface area contributed by atoms with Crippen molar-refractivity contribution >= 4 is 23.2 Å². The lowest BCUT2D eigenvalue weighted by Gasteiger charge is -2.22. The average molecular weight is 309 g/mol. The van der Waals surface area contributed by atoms with E-state index in [-0.39, 0.29) is 5.91 Å². The third-order valence-corrected chi connectivity index (χ3v) is 4.50. The van der Waals surface area contributed by atoms with Gasteiger partial charge in [0.25, 0.3) is 5.91 Å². The van der Waals surface area contributed by atoms with Crippen LogP contribution in [0.25, 0.3) is 0 Å². The fraction of sp³-hybridized carbons (Fsp3) is 0.625. The van der Waals surface area contributed by atoms with Crippen LogP contribution in [-0.2, 0) is 22.4 Å². The summed E-state index contributed by atoms with van der Waals surface area (Å²) in [5, 5.41) is 4.66. The number of hydrogen-bond donors (Lipinski definition) is 1. The summed E-state index contributed by atoms with van der Waals surface area (Å²) in [5.74, 6) is -0.576. The van der Waals surface area contributed by atoms with Crippen LogP contribution >= 0.6 is 11.3 Å². The highest BCUT2D eigenvalue weighted by Crippen LogP contribution is 2.30. The van der Waals surface area contributed by atoms with E-state index in [2.05, 4.69) is 5.32 Å². The van der Waals surface area contributed by atoms with Crippen molar-refractivity contribution in [1.82, 2.24) is 5.32 Å². The molecule has 0 aromatic carbocycles. The Morgan fingerprint density at radius 3 is 2.62 bits per heavy atom. The molecule has 116 valence electrons. The predicted molar refractivity (Wildman–Crippen MR) is 83.7 cm³/mol. The van der Waals surface area contributed by atoms with E-state index in [0.717, 1.165) is 24.8 Å². The summed E-state index contributed by atoms with van der Waals surface area (Å²) in [6, 6.07) is -0.643. The summed E-state index contributed by atoms with van der Waals surface area (Å²) in [6.07, 6.45) is 4.35. The number of amides is 1. The van der Waals surface area contributed by atoms with Crippen LogP contribution in [0.4, 0.5) is 0 Å². The zero-order valence-corrected chi connectivity index (χ0v) is 13.9. The molecule has 5 heteroatoms. The molecule has 0 saturated heterocycles. The smallest absolute Gasteiger partial charge is 0.328 e. The molecule has 1 atom stereocenters. The SMILES string of the molecule is C[C@@H](NC(=O)c1csc2c1CCCC2)C(=O)OC(C)(C)C. The van der Waals surface area contributed by atoms with E-state index >= 15 is 0 Å². The highest BCUT2D eigenvalue weighted by atomic mass is 32.1. The summed E-state index contributed by atoms with van der Waals surface area (Å²) in [7, 11) is 0. The van der Waals surface area contributed by atoms with Gasteiger partial charge in [0, 0.05) is 10.3 Å². The van der Waals surface area contributed by atoms with Gasteiger partial charge in [0.15, 0.2) is 0 Å². The minimum Gasteiger partial charge on any atom is -0.458 e. The second-order valence-corrected chi connectivity index (χ2v) is 7.45. The van der Waals surface area contributed by atoms with Gasteiger partial charge in [-0.3, -0.25) is 4.79 Å². The van der Waals surface area contributed by atoms with E-state index in [1.165, 1.54) is 16.9 Å². The fourth-order valence-corrected chi connectivity index (χ4v) is 3.53. The third-order valence-electron chi connectivity index (χ3n) is 3.41. The van der Waals surface area contributed by atoms with Gasteiger partial charge in [0.2, 0.25) is 0 Å². The zero-order chi connectivity index (χ0) is 15.6. The number of carbonyl (C=O) groups excluding carboxylic acids is 2. The second kappa shape index (κ2) is 6.18. The van der Waals surface area contributed by atoms with Crippen molar-refractivity contribution in [1.29, 1.82) is 0 Å². The van der Waals surface area contributed by atoms with Crippen LogP contribution in [0, 0.1) is 0 Å². The van der Waals surface area contributed by atoms with Crippen LogP contribution in [0.15, 0.2) is 5.38 Å². The molecule has 21 heavy (non-hydrogen) atoms. The molecule has 0 unspecified atom stereocenters. The van der Waals surface area contributed by atoms with Gasteiger partial charge in [-0.15, -0.1) is 11.3 Å². The fourth-order valence-electron chi connectivity index (χ4n) is 2.41. The molecule has 1 heterocycles. The Kier molecular flexibility index (Phi) is 4.71. The molecule has 1 aromatic rings. The first-order valence-electron chi connectivity index (χ1n) is 7.41. The molecule has 1 aromatic heterocycles. The maximum absolute atomic E-state index is 12.3. The summed E-state index contributed by atoms with van der Waals surface area (Å²) >= 11 is 1.65. The predicted octanol–water partition coefficient (Wildman–Crippen LogP) is 3.09. The zero-order valence-electron chi connectivity index (χ0n) is 13.1. The molecular weight excluding hydrogens is 286 g/mol. The summed E-state index contributed by atoms with van der Waals surface area (Å²) < 4.78 is 5.28. The van der Waals surface area contributed by atoms with Gasteiger partial charge in [0.05, 0.1) is 5.56 Å². The van der Waals surface area contributed by atoms with Gasteiger partial charge in [-0.2, -0.15) is 0 Å². The van der Waals surface area contributed by atoms with Crippen molar-refractivity contribution in [2.75, 3.05) is 0 Å². The number of ether oxygens (including phenoxy) is 1. The standard InChI is InChI=1S/C16H23NO3S/c1-10(15(19)20-16(2,3)4)17-14(18)12-9-21-13-8-6-5-7-11(12)13/h9-10H,5-8H2,1-4H3,(H,17,18)/t10-/m1/s1. The normalized spacial score (nSPS) is 16.0. The van der Waals surface area contributed by atoms with Gasteiger partial charge in [-0.1, -0.05) is 0 Å². The molecular formula is C16H23NO3S. The van der Waals surface area contributed by atoms with Crippen LogP contribution in [0.1, 0.15) is 61.3 Å². The maximum Gasteiger partial charge on any atom is 0.328 e. The molecule has 1 N–H and O–H groups in total. The quantitative estimate of drug-likeness (QED) is 0.873. The van der Waals surface area contributed by atoms with Crippen LogP contribution in [-0.4, -0.2) is 23.5 Å². The van der Waals surface area contributed by atoms with Crippen molar-refractivity contribution in [2.24, 2.45) is 0 Å². The topological polar surface area (TPSA) is 55.4 Å². The first-order valence-corrected chi connectivity index (χ1v) is 8.29. The summed E-state index contributed by atoms with van der Waals surface area (Å²) in [4.78, 5) is 25.6.